The molecule has 0 radical (unpaired) electrons. The molecule has 0 aliphatic carbocycles. The molecule has 1 aliphatic heterocycles. The smallest absolute Gasteiger partial charge is 0.354 e. The van der Waals surface area contributed by atoms with Crippen molar-refractivity contribution in [2.45, 2.75) is 39.8 Å². The molecule has 1 amide bonds. The van der Waals surface area contributed by atoms with E-state index in [0.717, 1.165) is 22.4 Å². The van der Waals surface area contributed by atoms with Crippen LogP contribution in [0.1, 0.15) is 35.2 Å². The molecule has 0 unspecified atom stereocenters. The third kappa shape index (κ3) is 4.40. The van der Waals surface area contributed by atoms with Gasteiger partial charge in [0.2, 0.25) is 5.91 Å². The van der Waals surface area contributed by atoms with Gasteiger partial charge in [0.25, 0.3) is 0 Å². The number of rotatable bonds is 3. The molecule has 0 spiro atoms. The van der Waals surface area contributed by atoms with Gasteiger partial charge in [-0.05, 0) is 56.9 Å². The summed E-state index contributed by atoms with van der Waals surface area (Å²) in [5, 5.41) is 3.00. The molecule has 4 rings (SSSR count). The van der Waals surface area contributed by atoms with Crippen molar-refractivity contribution in [2.24, 2.45) is 5.92 Å². The van der Waals surface area contributed by atoms with Gasteiger partial charge >= 0.3 is 6.18 Å². The fraction of sp³-hybridized carbons (Fsp3) is 0.375. The lowest BCUT2D eigenvalue weighted by Gasteiger charge is -2.34. The molecule has 1 atom stereocenters. The number of para-hydroxylation sites is 2. The minimum atomic E-state index is -4.64. The van der Waals surface area contributed by atoms with Gasteiger partial charge in [-0.2, -0.15) is 13.2 Å². The first-order valence-corrected chi connectivity index (χ1v) is 10.6. The van der Waals surface area contributed by atoms with Crippen LogP contribution < -0.4 is 10.2 Å². The summed E-state index contributed by atoms with van der Waals surface area (Å²) in [4.78, 5) is 22.7. The van der Waals surface area contributed by atoms with Crippen molar-refractivity contribution in [3.05, 3.63) is 58.8 Å². The Morgan fingerprint density at radius 2 is 1.69 bits per heavy atom. The second kappa shape index (κ2) is 8.41. The first kappa shape index (κ1) is 22.0. The number of aromatic nitrogens is 2. The molecule has 1 fully saturated rings. The molecule has 5 nitrogen and oxygen atoms in total. The second-order valence-corrected chi connectivity index (χ2v) is 8.43. The summed E-state index contributed by atoms with van der Waals surface area (Å²) in [6, 6.07) is 10.5. The zero-order chi connectivity index (χ0) is 23.0. The monoisotopic (exact) mass is 442 g/mol. The van der Waals surface area contributed by atoms with Gasteiger partial charge in [0, 0.05) is 18.8 Å². The number of piperidine rings is 1. The highest BCUT2D eigenvalue weighted by molar-refractivity contribution is 5.94. The van der Waals surface area contributed by atoms with Crippen molar-refractivity contribution in [2.75, 3.05) is 23.3 Å². The molecule has 1 aromatic heterocycles. The molecule has 8 heteroatoms. The van der Waals surface area contributed by atoms with Crippen LogP contribution in [0.5, 0.6) is 0 Å². The average Bonchev–Trinajstić information content (AvgIpc) is 2.74. The number of nitrogens with one attached hydrogen (secondary N) is 1. The number of carbonyl (C=O) groups excluding carboxylic acids is 1. The van der Waals surface area contributed by atoms with Crippen molar-refractivity contribution < 1.29 is 18.0 Å². The number of benzene rings is 2. The molecular weight excluding hydrogens is 417 g/mol. The molecule has 32 heavy (non-hydrogen) atoms. The lowest BCUT2D eigenvalue weighted by atomic mass is 9.96. The van der Waals surface area contributed by atoms with Crippen LogP contribution in [0.25, 0.3) is 11.0 Å². The zero-order valence-corrected chi connectivity index (χ0v) is 18.3. The summed E-state index contributed by atoms with van der Waals surface area (Å²) in [7, 11) is 0. The number of anilines is 2. The number of fused-ring (bicyclic) bond motifs is 1. The standard InChI is InChI=1S/C24H25F3N4O/c1-14-11-15(2)20(16(3)12-14)30-23(32)17-7-6-10-31(13-17)22-21(24(25,26)27)28-18-8-4-5-9-19(18)29-22/h4-5,8-9,11-12,17H,6-7,10,13H2,1-3H3,(H,30,32)/t17-/m0/s1. The van der Waals surface area contributed by atoms with Crippen LogP contribution in [0, 0.1) is 26.7 Å². The number of hydrogen-bond donors (Lipinski definition) is 1. The second-order valence-electron chi connectivity index (χ2n) is 8.43. The van der Waals surface area contributed by atoms with Crippen molar-refractivity contribution >= 4 is 28.4 Å². The zero-order valence-electron chi connectivity index (χ0n) is 18.3. The summed E-state index contributed by atoms with van der Waals surface area (Å²) in [6.45, 7) is 6.41. The molecule has 1 aliphatic rings. The van der Waals surface area contributed by atoms with Gasteiger partial charge in [0.15, 0.2) is 11.5 Å². The number of hydrogen-bond acceptors (Lipinski definition) is 4. The summed E-state index contributed by atoms with van der Waals surface area (Å²) < 4.78 is 41.4. The van der Waals surface area contributed by atoms with E-state index in [0.29, 0.717) is 24.9 Å². The summed E-state index contributed by atoms with van der Waals surface area (Å²) in [5.74, 6) is -0.846. The Morgan fingerprint density at radius 1 is 1.06 bits per heavy atom. The fourth-order valence-corrected chi connectivity index (χ4v) is 4.39. The number of amides is 1. The molecular formula is C24H25F3N4O. The molecule has 168 valence electrons. The predicted octanol–water partition coefficient (Wildman–Crippen LogP) is 5.43. The quantitative estimate of drug-likeness (QED) is 0.588. The fourth-order valence-electron chi connectivity index (χ4n) is 4.39. The predicted molar refractivity (Wildman–Crippen MR) is 119 cm³/mol. The lowest BCUT2D eigenvalue weighted by Crippen LogP contribution is -2.42. The van der Waals surface area contributed by atoms with Crippen LogP contribution in [-0.4, -0.2) is 29.0 Å². The minimum absolute atomic E-state index is 0.159. The Morgan fingerprint density at radius 3 is 2.31 bits per heavy atom. The van der Waals surface area contributed by atoms with Crippen LogP contribution >= 0.6 is 0 Å². The SMILES string of the molecule is Cc1cc(C)c(NC(=O)[C@H]2CCCN(c3nc4ccccc4nc3C(F)(F)F)C2)c(C)c1. The van der Waals surface area contributed by atoms with Crippen LogP contribution in [-0.2, 0) is 11.0 Å². The van der Waals surface area contributed by atoms with Crippen molar-refractivity contribution in [1.29, 1.82) is 0 Å². The highest BCUT2D eigenvalue weighted by atomic mass is 19.4. The number of carbonyl (C=O) groups is 1. The van der Waals surface area contributed by atoms with E-state index in [9.17, 15) is 18.0 Å². The van der Waals surface area contributed by atoms with Crippen molar-refractivity contribution in [1.82, 2.24) is 9.97 Å². The summed E-state index contributed by atoms with van der Waals surface area (Å²) in [5.41, 5.74) is 3.37. The molecule has 2 heterocycles. The minimum Gasteiger partial charge on any atom is -0.354 e. The molecule has 2 aromatic carbocycles. The molecule has 0 bridgehead atoms. The van der Waals surface area contributed by atoms with E-state index < -0.39 is 17.8 Å². The number of nitrogens with zero attached hydrogens (tertiary/aromatic N) is 3. The van der Waals surface area contributed by atoms with Crippen molar-refractivity contribution in [3.8, 4) is 0 Å². The Balaban J connectivity index is 1.62. The van der Waals surface area contributed by atoms with Gasteiger partial charge in [0.05, 0.1) is 17.0 Å². The highest BCUT2D eigenvalue weighted by Crippen LogP contribution is 2.37. The Bertz CT molecular complexity index is 1150. The van der Waals surface area contributed by atoms with Crippen LogP contribution in [0.15, 0.2) is 36.4 Å². The summed E-state index contributed by atoms with van der Waals surface area (Å²) >= 11 is 0. The Labute approximate surface area is 184 Å². The van der Waals surface area contributed by atoms with Gasteiger partial charge < -0.3 is 10.2 Å². The van der Waals surface area contributed by atoms with E-state index in [-0.39, 0.29) is 23.8 Å². The Hall–Kier alpha value is -3.16. The molecule has 1 saturated heterocycles. The third-order valence-corrected chi connectivity index (χ3v) is 5.84. The van der Waals surface area contributed by atoms with Crippen LogP contribution in [0.3, 0.4) is 0 Å². The number of alkyl halides is 3. The van der Waals surface area contributed by atoms with Crippen molar-refractivity contribution in [3.63, 3.8) is 0 Å². The van der Waals surface area contributed by atoms with Gasteiger partial charge in [0.1, 0.15) is 0 Å². The van der Waals surface area contributed by atoms with Crippen LogP contribution in [0.4, 0.5) is 24.7 Å². The first-order valence-electron chi connectivity index (χ1n) is 10.6. The lowest BCUT2D eigenvalue weighted by molar-refractivity contribution is -0.140. The number of aryl methyl sites for hydroxylation is 3. The number of halogens is 3. The largest absolute Gasteiger partial charge is 0.437 e. The topological polar surface area (TPSA) is 58.1 Å². The molecule has 1 N–H and O–H groups in total. The van der Waals surface area contributed by atoms with Gasteiger partial charge in [-0.3, -0.25) is 4.79 Å². The van der Waals surface area contributed by atoms with E-state index in [1.165, 1.54) is 6.07 Å². The first-order chi connectivity index (χ1) is 15.1. The highest BCUT2D eigenvalue weighted by Gasteiger charge is 2.40. The maximum Gasteiger partial charge on any atom is 0.437 e. The van der Waals surface area contributed by atoms with Gasteiger partial charge in [-0.1, -0.05) is 29.8 Å². The van der Waals surface area contributed by atoms with E-state index in [1.54, 1.807) is 23.1 Å². The normalized spacial score (nSPS) is 16.9. The summed E-state index contributed by atoms with van der Waals surface area (Å²) in [6.07, 6.45) is -3.44. The maximum absolute atomic E-state index is 13.8. The van der Waals surface area contributed by atoms with E-state index in [1.807, 2.05) is 32.9 Å². The van der Waals surface area contributed by atoms with Gasteiger partial charge in [-0.25, -0.2) is 9.97 Å². The Kier molecular flexibility index (Phi) is 5.79. The van der Waals surface area contributed by atoms with E-state index in [4.69, 9.17) is 0 Å². The van der Waals surface area contributed by atoms with Gasteiger partial charge in [-0.15, -0.1) is 0 Å². The maximum atomic E-state index is 13.8. The average molecular weight is 442 g/mol. The van der Waals surface area contributed by atoms with E-state index >= 15 is 0 Å². The van der Waals surface area contributed by atoms with Crippen LogP contribution in [0.2, 0.25) is 0 Å². The van der Waals surface area contributed by atoms with E-state index in [2.05, 4.69) is 15.3 Å². The molecule has 3 aromatic rings. The molecule has 0 saturated carbocycles. The third-order valence-electron chi connectivity index (χ3n) is 5.84.